The minimum absolute atomic E-state index is 0.173. The van der Waals surface area contributed by atoms with Crippen LogP contribution in [0.1, 0.15) is 42.6 Å². The van der Waals surface area contributed by atoms with Crippen molar-refractivity contribution in [3.05, 3.63) is 46.8 Å². The topological polar surface area (TPSA) is 50.1 Å². The second kappa shape index (κ2) is 7.62. The summed E-state index contributed by atoms with van der Waals surface area (Å²) in [7, 11) is 0. The number of nitrogens with one attached hydrogen (secondary N) is 1. The van der Waals surface area contributed by atoms with Crippen LogP contribution in [0, 0.1) is 31.4 Å². The summed E-state index contributed by atoms with van der Waals surface area (Å²) in [5.74, 6) is -0.727. The van der Waals surface area contributed by atoms with Crippen LogP contribution in [0.3, 0.4) is 0 Å². The first kappa shape index (κ1) is 18.0. The van der Waals surface area contributed by atoms with E-state index in [1.54, 1.807) is 0 Å². The van der Waals surface area contributed by atoms with Crippen LogP contribution in [0.5, 0.6) is 0 Å². The lowest BCUT2D eigenvalue weighted by molar-refractivity contribution is 0.101. The van der Waals surface area contributed by atoms with Gasteiger partial charge in [-0.15, -0.1) is 0 Å². The Kier molecular flexibility index (Phi) is 5.49. The number of halogens is 2. The molecule has 1 fully saturated rings. The van der Waals surface area contributed by atoms with Crippen molar-refractivity contribution >= 4 is 0 Å². The molecule has 2 atom stereocenters. The SMILES string of the molecule is Cc1nn(-c2ccc(F)cc2F)c(C)c1CNCC1CCCC(O)C1. The van der Waals surface area contributed by atoms with Crippen LogP contribution in [-0.4, -0.2) is 27.5 Å². The molecule has 1 aliphatic carbocycles. The van der Waals surface area contributed by atoms with E-state index in [0.29, 0.717) is 12.5 Å². The van der Waals surface area contributed by atoms with E-state index < -0.39 is 11.6 Å². The monoisotopic (exact) mass is 349 g/mol. The predicted octanol–water partition coefficient (Wildman–Crippen LogP) is 3.41. The number of aliphatic hydroxyl groups excluding tert-OH is 1. The highest BCUT2D eigenvalue weighted by atomic mass is 19.1. The van der Waals surface area contributed by atoms with Gasteiger partial charge in [-0.05, 0) is 57.7 Å². The maximum atomic E-state index is 14.0. The highest BCUT2D eigenvalue weighted by molar-refractivity contribution is 5.38. The number of nitrogens with zero attached hydrogens (tertiary/aromatic N) is 2. The molecule has 0 saturated heterocycles. The van der Waals surface area contributed by atoms with E-state index in [9.17, 15) is 13.9 Å². The Morgan fingerprint density at radius 3 is 2.80 bits per heavy atom. The Labute approximate surface area is 146 Å². The summed E-state index contributed by atoms with van der Waals surface area (Å²) in [4.78, 5) is 0. The van der Waals surface area contributed by atoms with Gasteiger partial charge in [0, 0.05) is 23.9 Å². The molecule has 6 heteroatoms. The number of hydrogen-bond acceptors (Lipinski definition) is 3. The fourth-order valence-electron chi connectivity index (χ4n) is 3.67. The van der Waals surface area contributed by atoms with Crippen molar-refractivity contribution in [2.75, 3.05) is 6.54 Å². The first-order valence-corrected chi connectivity index (χ1v) is 8.85. The molecule has 1 heterocycles. The van der Waals surface area contributed by atoms with Crippen molar-refractivity contribution in [1.29, 1.82) is 0 Å². The number of aromatic nitrogens is 2. The molecule has 2 aromatic rings. The Bertz CT molecular complexity index is 745. The van der Waals surface area contributed by atoms with Gasteiger partial charge in [0.25, 0.3) is 0 Å². The number of rotatable bonds is 5. The quantitative estimate of drug-likeness (QED) is 0.870. The summed E-state index contributed by atoms with van der Waals surface area (Å²) >= 11 is 0. The molecule has 4 nitrogen and oxygen atoms in total. The van der Waals surface area contributed by atoms with Crippen molar-refractivity contribution < 1.29 is 13.9 Å². The third kappa shape index (κ3) is 4.07. The molecule has 0 spiro atoms. The second-order valence-electron chi connectivity index (χ2n) is 6.97. The second-order valence-corrected chi connectivity index (χ2v) is 6.97. The van der Waals surface area contributed by atoms with Gasteiger partial charge in [-0.2, -0.15) is 5.10 Å². The zero-order chi connectivity index (χ0) is 18.0. The minimum atomic E-state index is -0.624. The Morgan fingerprint density at radius 2 is 2.08 bits per heavy atom. The van der Waals surface area contributed by atoms with Gasteiger partial charge in [0.2, 0.25) is 0 Å². The summed E-state index contributed by atoms with van der Waals surface area (Å²) in [5.41, 5.74) is 2.96. The Morgan fingerprint density at radius 1 is 1.28 bits per heavy atom. The van der Waals surface area contributed by atoms with E-state index >= 15 is 0 Å². The molecule has 0 radical (unpaired) electrons. The van der Waals surface area contributed by atoms with Gasteiger partial charge < -0.3 is 10.4 Å². The molecular formula is C19H25F2N3O. The summed E-state index contributed by atoms with van der Waals surface area (Å²) in [6, 6.07) is 3.52. The molecule has 2 N–H and O–H groups in total. The first-order chi connectivity index (χ1) is 12.0. The number of benzene rings is 1. The van der Waals surface area contributed by atoms with Gasteiger partial charge in [0.05, 0.1) is 11.8 Å². The first-order valence-electron chi connectivity index (χ1n) is 8.85. The third-order valence-electron chi connectivity index (χ3n) is 5.07. The fourth-order valence-corrected chi connectivity index (χ4v) is 3.67. The summed E-state index contributed by atoms with van der Waals surface area (Å²) in [6.07, 6.45) is 3.80. The van der Waals surface area contributed by atoms with Crippen LogP contribution >= 0.6 is 0 Å². The zero-order valence-electron chi connectivity index (χ0n) is 14.7. The number of aliphatic hydroxyl groups is 1. The smallest absolute Gasteiger partial charge is 0.151 e. The van der Waals surface area contributed by atoms with E-state index in [0.717, 1.165) is 55.2 Å². The zero-order valence-corrected chi connectivity index (χ0v) is 14.7. The third-order valence-corrected chi connectivity index (χ3v) is 5.07. The van der Waals surface area contributed by atoms with Gasteiger partial charge >= 0.3 is 0 Å². The molecular weight excluding hydrogens is 324 g/mol. The van der Waals surface area contributed by atoms with Gasteiger partial charge in [0.1, 0.15) is 11.5 Å². The molecule has 0 amide bonds. The van der Waals surface area contributed by atoms with Crippen molar-refractivity contribution in [2.45, 2.75) is 52.2 Å². The Hall–Kier alpha value is -1.79. The lowest BCUT2D eigenvalue weighted by Gasteiger charge is -2.26. The maximum Gasteiger partial charge on any atom is 0.151 e. The molecule has 3 rings (SSSR count). The molecule has 1 aromatic carbocycles. The van der Waals surface area contributed by atoms with Crippen molar-refractivity contribution in [1.82, 2.24) is 15.1 Å². The highest BCUT2D eigenvalue weighted by Crippen LogP contribution is 2.24. The van der Waals surface area contributed by atoms with Gasteiger partial charge in [-0.25, -0.2) is 13.5 Å². The van der Waals surface area contributed by atoms with Crippen molar-refractivity contribution in [3.63, 3.8) is 0 Å². The average Bonchev–Trinajstić information content (AvgIpc) is 2.83. The van der Waals surface area contributed by atoms with Crippen LogP contribution in [0.25, 0.3) is 5.69 Å². The molecule has 2 unspecified atom stereocenters. The standard InChI is InChI=1S/C19H25F2N3O/c1-12-17(11-22-10-14-4-3-5-16(25)8-14)13(2)24(23-12)19-7-6-15(20)9-18(19)21/h6-7,9,14,16,22,25H,3-5,8,10-11H2,1-2H3. The van der Waals surface area contributed by atoms with E-state index in [1.807, 2.05) is 13.8 Å². The van der Waals surface area contributed by atoms with E-state index in [2.05, 4.69) is 10.4 Å². The molecule has 1 aliphatic rings. The van der Waals surface area contributed by atoms with Crippen LogP contribution in [0.15, 0.2) is 18.2 Å². The predicted molar refractivity (Wildman–Crippen MR) is 92.6 cm³/mol. The lowest BCUT2D eigenvalue weighted by atomic mass is 9.87. The Balaban J connectivity index is 1.69. The largest absolute Gasteiger partial charge is 0.393 e. The minimum Gasteiger partial charge on any atom is -0.393 e. The van der Waals surface area contributed by atoms with E-state index in [4.69, 9.17) is 0 Å². The van der Waals surface area contributed by atoms with E-state index in [-0.39, 0.29) is 11.8 Å². The normalized spacial score (nSPS) is 20.8. The molecule has 0 bridgehead atoms. The lowest BCUT2D eigenvalue weighted by Crippen LogP contribution is -2.29. The molecule has 1 saturated carbocycles. The fraction of sp³-hybridized carbons (Fsp3) is 0.526. The van der Waals surface area contributed by atoms with Gasteiger partial charge in [-0.1, -0.05) is 6.42 Å². The summed E-state index contributed by atoms with van der Waals surface area (Å²) < 4.78 is 28.7. The molecule has 136 valence electrons. The number of aryl methyl sites for hydroxylation is 1. The van der Waals surface area contributed by atoms with Crippen LogP contribution in [0.2, 0.25) is 0 Å². The number of hydrogen-bond donors (Lipinski definition) is 2. The van der Waals surface area contributed by atoms with Gasteiger partial charge in [0.15, 0.2) is 5.82 Å². The van der Waals surface area contributed by atoms with Gasteiger partial charge in [-0.3, -0.25) is 0 Å². The van der Waals surface area contributed by atoms with Crippen LogP contribution in [0.4, 0.5) is 8.78 Å². The van der Waals surface area contributed by atoms with Crippen molar-refractivity contribution in [3.8, 4) is 5.69 Å². The maximum absolute atomic E-state index is 14.0. The van der Waals surface area contributed by atoms with E-state index in [1.165, 1.54) is 16.8 Å². The summed E-state index contributed by atoms with van der Waals surface area (Å²) in [5, 5.41) is 17.6. The van der Waals surface area contributed by atoms with Crippen LogP contribution < -0.4 is 5.32 Å². The summed E-state index contributed by atoms with van der Waals surface area (Å²) in [6.45, 7) is 5.29. The highest BCUT2D eigenvalue weighted by Gasteiger charge is 2.20. The molecule has 1 aromatic heterocycles. The molecule has 0 aliphatic heterocycles. The van der Waals surface area contributed by atoms with Crippen LogP contribution in [-0.2, 0) is 6.54 Å². The average molecular weight is 349 g/mol. The molecule has 25 heavy (non-hydrogen) atoms. The van der Waals surface area contributed by atoms with Crippen molar-refractivity contribution in [2.24, 2.45) is 5.92 Å².